The molecule has 1 heterocycles. The van der Waals surface area contributed by atoms with Crippen LogP contribution in [-0.4, -0.2) is 4.98 Å². The molecule has 0 amide bonds. The van der Waals surface area contributed by atoms with Crippen LogP contribution < -0.4 is 0 Å². The summed E-state index contributed by atoms with van der Waals surface area (Å²) in [5.74, 6) is 0.557. The highest BCUT2D eigenvalue weighted by Gasteiger charge is 2.26. The monoisotopic (exact) mass is 259 g/mol. The van der Waals surface area contributed by atoms with E-state index >= 15 is 0 Å². The zero-order valence-corrected chi connectivity index (χ0v) is 12.4. The van der Waals surface area contributed by atoms with Gasteiger partial charge in [-0.3, -0.25) is 0 Å². The number of nitrogens with zero attached hydrogens (tertiary/aromatic N) is 1. The van der Waals surface area contributed by atoms with Crippen molar-refractivity contribution in [3.63, 3.8) is 0 Å². The SMILES string of the molecule is CCC(C)c1csc(C(C)(C)c2ccccc2)n1. The van der Waals surface area contributed by atoms with E-state index in [2.05, 4.69) is 63.4 Å². The normalized spacial score (nSPS) is 13.6. The third kappa shape index (κ3) is 2.49. The van der Waals surface area contributed by atoms with Gasteiger partial charge in [-0.05, 0) is 31.7 Å². The van der Waals surface area contributed by atoms with Crippen LogP contribution in [0.2, 0.25) is 0 Å². The average Bonchev–Trinajstić information content (AvgIpc) is 2.89. The van der Waals surface area contributed by atoms with Gasteiger partial charge in [0.05, 0.1) is 5.69 Å². The molecule has 0 aliphatic rings. The van der Waals surface area contributed by atoms with E-state index in [1.165, 1.54) is 16.3 Å². The minimum Gasteiger partial charge on any atom is -0.245 e. The van der Waals surface area contributed by atoms with E-state index in [-0.39, 0.29) is 5.41 Å². The van der Waals surface area contributed by atoms with Crippen LogP contribution in [0.3, 0.4) is 0 Å². The predicted molar refractivity (Wildman–Crippen MR) is 79.4 cm³/mol. The number of aromatic nitrogens is 1. The second-order valence-corrected chi connectivity index (χ2v) is 6.24. The molecular formula is C16H21NS. The lowest BCUT2D eigenvalue weighted by molar-refractivity contribution is 0.623. The molecule has 1 unspecified atom stereocenters. The van der Waals surface area contributed by atoms with Crippen LogP contribution >= 0.6 is 11.3 Å². The van der Waals surface area contributed by atoms with Crippen molar-refractivity contribution in [3.05, 3.63) is 52.0 Å². The number of benzene rings is 1. The van der Waals surface area contributed by atoms with Gasteiger partial charge in [-0.15, -0.1) is 11.3 Å². The minimum absolute atomic E-state index is 0.00234. The molecule has 2 rings (SSSR count). The van der Waals surface area contributed by atoms with Crippen LogP contribution in [0, 0.1) is 0 Å². The standard InChI is InChI=1S/C16H21NS/c1-5-12(2)14-11-18-15(17-14)16(3,4)13-9-7-6-8-10-13/h6-12H,5H2,1-4H3. The van der Waals surface area contributed by atoms with Gasteiger partial charge in [-0.1, -0.05) is 44.2 Å². The molecule has 0 radical (unpaired) electrons. The molecule has 18 heavy (non-hydrogen) atoms. The Balaban J connectivity index is 2.33. The Hall–Kier alpha value is -1.15. The van der Waals surface area contributed by atoms with Crippen molar-refractivity contribution in [1.82, 2.24) is 4.98 Å². The summed E-state index contributed by atoms with van der Waals surface area (Å²) in [7, 11) is 0. The second kappa shape index (κ2) is 5.23. The quantitative estimate of drug-likeness (QED) is 0.754. The number of thiazole rings is 1. The van der Waals surface area contributed by atoms with E-state index in [4.69, 9.17) is 4.98 Å². The van der Waals surface area contributed by atoms with Gasteiger partial charge in [0.2, 0.25) is 0 Å². The molecule has 1 atom stereocenters. The lowest BCUT2D eigenvalue weighted by Gasteiger charge is -2.22. The van der Waals surface area contributed by atoms with Crippen LogP contribution in [0.5, 0.6) is 0 Å². The molecule has 0 N–H and O–H groups in total. The molecule has 0 aliphatic heterocycles. The topological polar surface area (TPSA) is 12.9 Å². The summed E-state index contributed by atoms with van der Waals surface area (Å²) < 4.78 is 0. The first-order valence-electron chi connectivity index (χ1n) is 6.57. The smallest absolute Gasteiger partial charge is 0.103 e. The van der Waals surface area contributed by atoms with Gasteiger partial charge in [0, 0.05) is 10.8 Å². The summed E-state index contributed by atoms with van der Waals surface area (Å²) >= 11 is 1.78. The molecule has 1 nitrogen and oxygen atoms in total. The van der Waals surface area contributed by atoms with Crippen molar-refractivity contribution in [2.24, 2.45) is 0 Å². The van der Waals surface area contributed by atoms with Gasteiger partial charge in [-0.2, -0.15) is 0 Å². The Morgan fingerprint density at radius 2 is 1.89 bits per heavy atom. The fourth-order valence-corrected chi connectivity index (χ4v) is 3.07. The van der Waals surface area contributed by atoms with E-state index in [1.807, 2.05) is 0 Å². The Morgan fingerprint density at radius 1 is 1.22 bits per heavy atom. The van der Waals surface area contributed by atoms with E-state index < -0.39 is 0 Å². The van der Waals surface area contributed by atoms with Gasteiger partial charge >= 0.3 is 0 Å². The highest BCUT2D eigenvalue weighted by molar-refractivity contribution is 7.09. The van der Waals surface area contributed by atoms with Crippen molar-refractivity contribution in [2.75, 3.05) is 0 Å². The lowest BCUT2D eigenvalue weighted by atomic mass is 9.85. The Morgan fingerprint density at radius 3 is 2.50 bits per heavy atom. The summed E-state index contributed by atoms with van der Waals surface area (Å²) in [5, 5.41) is 3.43. The maximum absolute atomic E-state index is 4.85. The first-order chi connectivity index (χ1) is 8.55. The van der Waals surface area contributed by atoms with Crippen LogP contribution in [0.15, 0.2) is 35.7 Å². The lowest BCUT2D eigenvalue weighted by Crippen LogP contribution is -2.18. The van der Waals surface area contributed by atoms with Crippen molar-refractivity contribution in [3.8, 4) is 0 Å². The average molecular weight is 259 g/mol. The van der Waals surface area contributed by atoms with Gasteiger partial charge in [0.25, 0.3) is 0 Å². The molecule has 0 fully saturated rings. The zero-order chi connectivity index (χ0) is 13.2. The van der Waals surface area contributed by atoms with Gasteiger partial charge < -0.3 is 0 Å². The molecule has 0 aliphatic carbocycles. The molecule has 96 valence electrons. The third-order valence-corrected chi connectivity index (χ3v) is 4.85. The Bertz CT molecular complexity index is 499. The molecule has 0 saturated carbocycles. The van der Waals surface area contributed by atoms with Crippen molar-refractivity contribution >= 4 is 11.3 Å². The van der Waals surface area contributed by atoms with Crippen molar-refractivity contribution in [1.29, 1.82) is 0 Å². The van der Waals surface area contributed by atoms with Crippen LogP contribution in [0.25, 0.3) is 0 Å². The molecule has 1 aromatic heterocycles. The van der Waals surface area contributed by atoms with Crippen molar-refractivity contribution in [2.45, 2.75) is 45.4 Å². The van der Waals surface area contributed by atoms with Gasteiger partial charge in [-0.25, -0.2) is 4.98 Å². The summed E-state index contributed by atoms with van der Waals surface area (Å²) in [6.45, 7) is 8.96. The number of hydrogen-bond donors (Lipinski definition) is 0. The fraction of sp³-hybridized carbons (Fsp3) is 0.438. The molecular weight excluding hydrogens is 238 g/mol. The third-order valence-electron chi connectivity index (χ3n) is 3.67. The Labute approximate surface area is 114 Å². The molecule has 2 heteroatoms. The molecule has 0 saturated heterocycles. The van der Waals surface area contributed by atoms with Crippen molar-refractivity contribution < 1.29 is 0 Å². The first kappa shape index (κ1) is 13.3. The Kier molecular flexibility index (Phi) is 3.86. The predicted octanol–water partition coefficient (Wildman–Crippen LogP) is 4.98. The molecule has 0 spiro atoms. The minimum atomic E-state index is -0.00234. The highest BCUT2D eigenvalue weighted by atomic mass is 32.1. The van der Waals surface area contributed by atoms with Gasteiger partial charge in [0.15, 0.2) is 0 Å². The highest BCUT2D eigenvalue weighted by Crippen LogP contribution is 2.34. The largest absolute Gasteiger partial charge is 0.245 e. The van der Waals surface area contributed by atoms with E-state index in [0.717, 1.165) is 6.42 Å². The molecule has 2 aromatic rings. The maximum Gasteiger partial charge on any atom is 0.103 e. The fourth-order valence-electron chi connectivity index (χ4n) is 1.99. The van der Waals surface area contributed by atoms with Crippen LogP contribution in [0.1, 0.15) is 56.3 Å². The van der Waals surface area contributed by atoms with E-state index in [9.17, 15) is 0 Å². The van der Waals surface area contributed by atoms with E-state index in [0.29, 0.717) is 5.92 Å². The molecule has 1 aromatic carbocycles. The summed E-state index contributed by atoms with van der Waals surface area (Å²) in [5.41, 5.74) is 2.56. The molecule has 0 bridgehead atoms. The number of hydrogen-bond acceptors (Lipinski definition) is 2. The summed E-state index contributed by atoms with van der Waals surface area (Å²) in [6.07, 6.45) is 1.15. The first-order valence-corrected chi connectivity index (χ1v) is 7.45. The zero-order valence-electron chi connectivity index (χ0n) is 11.6. The van der Waals surface area contributed by atoms with Crippen LogP contribution in [-0.2, 0) is 5.41 Å². The second-order valence-electron chi connectivity index (χ2n) is 5.38. The van der Waals surface area contributed by atoms with Crippen LogP contribution in [0.4, 0.5) is 0 Å². The maximum atomic E-state index is 4.85. The van der Waals surface area contributed by atoms with E-state index in [1.54, 1.807) is 11.3 Å². The van der Waals surface area contributed by atoms with Gasteiger partial charge in [0.1, 0.15) is 5.01 Å². The number of rotatable bonds is 4. The summed E-state index contributed by atoms with van der Waals surface area (Å²) in [6, 6.07) is 10.6. The summed E-state index contributed by atoms with van der Waals surface area (Å²) in [4.78, 5) is 4.85.